The lowest BCUT2D eigenvalue weighted by Crippen LogP contribution is -2.11. The molecule has 0 atom stereocenters. The van der Waals surface area contributed by atoms with Crippen LogP contribution >= 0.6 is 0 Å². The van der Waals surface area contributed by atoms with Crippen LogP contribution in [0.2, 0.25) is 0 Å². The quantitative estimate of drug-likeness (QED) is 0.476. The van der Waals surface area contributed by atoms with Gasteiger partial charge in [0, 0.05) is 5.69 Å². The van der Waals surface area contributed by atoms with Crippen molar-refractivity contribution in [3.8, 4) is 0 Å². The minimum absolute atomic E-state index is 0.112. The molecule has 0 heterocycles. The van der Waals surface area contributed by atoms with Gasteiger partial charge in [-0.2, -0.15) is 0 Å². The van der Waals surface area contributed by atoms with Gasteiger partial charge >= 0.3 is 5.97 Å². The normalized spacial score (nSPS) is 10.1. The number of unbranched alkanes of at least 4 members (excludes halogenated alkanes) is 2. The van der Waals surface area contributed by atoms with Crippen molar-refractivity contribution in [1.82, 2.24) is 0 Å². The average Bonchev–Trinajstić information content (AvgIpc) is 2.24. The van der Waals surface area contributed by atoms with Crippen molar-refractivity contribution in [2.24, 2.45) is 0 Å². The van der Waals surface area contributed by atoms with Crippen LogP contribution in [-0.4, -0.2) is 12.6 Å². The summed E-state index contributed by atoms with van der Waals surface area (Å²) in [6.45, 7) is 2.36. The Kier molecular flexibility index (Phi) is 4.76. The zero-order valence-electron chi connectivity index (χ0n) is 9.33. The number of anilines is 1. The Morgan fingerprint density at radius 2 is 2.19 bits per heavy atom. The Hall–Kier alpha value is -1.58. The number of halogens is 1. The smallest absolute Gasteiger partial charge is 0.343 e. The average molecular weight is 225 g/mol. The summed E-state index contributed by atoms with van der Waals surface area (Å²) in [6.07, 6.45) is 2.82. The third-order valence-corrected chi connectivity index (χ3v) is 2.23. The van der Waals surface area contributed by atoms with Gasteiger partial charge in [-0.15, -0.1) is 0 Å². The Labute approximate surface area is 94.4 Å². The van der Waals surface area contributed by atoms with Crippen LogP contribution < -0.4 is 5.73 Å². The van der Waals surface area contributed by atoms with Crippen molar-refractivity contribution in [2.45, 2.75) is 26.2 Å². The summed E-state index contributed by atoms with van der Waals surface area (Å²) in [5.41, 5.74) is 5.46. The second-order valence-corrected chi connectivity index (χ2v) is 3.55. The van der Waals surface area contributed by atoms with Gasteiger partial charge in [-0.25, -0.2) is 9.18 Å². The molecule has 4 heteroatoms. The molecule has 0 saturated heterocycles. The van der Waals surface area contributed by atoms with Crippen molar-refractivity contribution >= 4 is 11.7 Å². The maximum Gasteiger partial charge on any atom is 0.343 e. The van der Waals surface area contributed by atoms with E-state index in [0.29, 0.717) is 6.61 Å². The van der Waals surface area contributed by atoms with Gasteiger partial charge in [-0.05, 0) is 18.6 Å². The molecule has 88 valence electrons. The summed E-state index contributed by atoms with van der Waals surface area (Å²) in [4.78, 5) is 11.5. The van der Waals surface area contributed by atoms with E-state index in [-0.39, 0.29) is 11.3 Å². The van der Waals surface area contributed by atoms with Gasteiger partial charge in [-0.3, -0.25) is 0 Å². The molecule has 0 aliphatic rings. The Balaban J connectivity index is 2.59. The molecule has 0 unspecified atom stereocenters. The number of esters is 1. The van der Waals surface area contributed by atoms with E-state index in [9.17, 15) is 9.18 Å². The first-order valence-electron chi connectivity index (χ1n) is 5.38. The fraction of sp³-hybridized carbons (Fsp3) is 0.417. The van der Waals surface area contributed by atoms with Gasteiger partial charge in [0.2, 0.25) is 0 Å². The van der Waals surface area contributed by atoms with Crippen molar-refractivity contribution in [3.63, 3.8) is 0 Å². The zero-order chi connectivity index (χ0) is 12.0. The number of carbonyl (C=O) groups is 1. The van der Waals surface area contributed by atoms with Crippen LogP contribution in [0.25, 0.3) is 0 Å². The van der Waals surface area contributed by atoms with E-state index in [1.54, 1.807) is 0 Å². The van der Waals surface area contributed by atoms with E-state index in [0.717, 1.165) is 19.3 Å². The maximum atomic E-state index is 13.3. The molecule has 0 aliphatic carbocycles. The van der Waals surface area contributed by atoms with E-state index >= 15 is 0 Å². The van der Waals surface area contributed by atoms with Crippen molar-refractivity contribution in [2.75, 3.05) is 12.3 Å². The molecule has 0 saturated carbocycles. The molecular weight excluding hydrogens is 209 g/mol. The Morgan fingerprint density at radius 3 is 2.81 bits per heavy atom. The van der Waals surface area contributed by atoms with Crippen molar-refractivity contribution < 1.29 is 13.9 Å². The summed E-state index contributed by atoms with van der Waals surface area (Å²) in [7, 11) is 0. The van der Waals surface area contributed by atoms with Crippen molar-refractivity contribution in [3.05, 3.63) is 29.6 Å². The molecule has 1 aromatic rings. The van der Waals surface area contributed by atoms with Crippen LogP contribution in [0, 0.1) is 5.82 Å². The Bertz CT molecular complexity index is 346. The summed E-state index contributed by atoms with van der Waals surface area (Å²) in [6, 6.07) is 4.13. The standard InChI is InChI=1S/C12H16FNO2/c1-2-3-4-8-16-12(15)11-9(13)6-5-7-10(11)14/h5-7H,2-4,8,14H2,1H3. The number of nitrogen functional groups attached to an aromatic ring is 1. The molecule has 0 bridgehead atoms. The number of benzene rings is 1. The van der Waals surface area contributed by atoms with Crippen LogP contribution in [0.3, 0.4) is 0 Å². The molecule has 0 aromatic heterocycles. The highest BCUT2D eigenvalue weighted by Gasteiger charge is 2.16. The predicted molar refractivity (Wildman–Crippen MR) is 60.6 cm³/mol. The lowest BCUT2D eigenvalue weighted by molar-refractivity contribution is 0.0494. The number of hydrogen-bond acceptors (Lipinski definition) is 3. The van der Waals surface area contributed by atoms with Crippen LogP contribution in [0.5, 0.6) is 0 Å². The lowest BCUT2D eigenvalue weighted by Gasteiger charge is -2.07. The molecule has 0 radical (unpaired) electrons. The van der Waals surface area contributed by atoms with Crippen molar-refractivity contribution in [1.29, 1.82) is 0 Å². The molecule has 3 nitrogen and oxygen atoms in total. The molecule has 1 aromatic carbocycles. The van der Waals surface area contributed by atoms with Gasteiger partial charge in [0.15, 0.2) is 0 Å². The molecule has 1 rings (SSSR count). The molecule has 0 fully saturated rings. The van der Waals surface area contributed by atoms with E-state index < -0.39 is 11.8 Å². The topological polar surface area (TPSA) is 52.3 Å². The highest BCUT2D eigenvalue weighted by Crippen LogP contribution is 2.16. The van der Waals surface area contributed by atoms with Gasteiger partial charge < -0.3 is 10.5 Å². The Morgan fingerprint density at radius 1 is 1.44 bits per heavy atom. The maximum absolute atomic E-state index is 13.3. The molecule has 0 aliphatic heterocycles. The van der Waals surface area contributed by atoms with Gasteiger partial charge in [-0.1, -0.05) is 25.8 Å². The molecule has 0 spiro atoms. The van der Waals surface area contributed by atoms with Gasteiger partial charge in [0.05, 0.1) is 6.61 Å². The highest BCUT2D eigenvalue weighted by molar-refractivity contribution is 5.95. The number of ether oxygens (including phenoxy) is 1. The fourth-order valence-corrected chi connectivity index (χ4v) is 1.35. The monoisotopic (exact) mass is 225 g/mol. The number of rotatable bonds is 5. The second-order valence-electron chi connectivity index (χ2n) is 3.55. The van der Waals surface area contributed by atoms with Crippen LogP contribution in [0.15, 0.2) is 18.2 Å². The van der Waals surface area contributed by atoms with E-state index in [1.165, 1.54) is 18.2 Å². The molecule has 2 N–H and O–H groups in total. The predicted octanol–water partition coefficient (Wildman–Crippen LogP) is 2.75. The first-order valence-corrected chi connectivity index (χ1v) is 5.38. The fourth-order valence-electron chi connectivity index (χ4n) is 1.35. The summed E-state index contributed by atoms with van der Waals surface area (Å²) in [5.74, 6) is -1.33. The number of carbonyl (C=O) groups excluding carboxylic acids is 1. The number of nitrogens with two attached hydrogens (primary N) is 1. The minimum atomic E-state index is -0.688. The third kappa shape index (κ3) is 3.22. The summed E-state index contributed by atoms with van der Waals surface area (Å²) < 4.78 is 18.2. The molecular formula is C12H16FNO2. The highest BCUT2D eigenvalue weighted by atomic mass is 19.1. The third-order valence-electron chi connectivity index (χ3n) is 2.23. The van der Waals surface area contributed by atoms with Crippen LogP contribution in [0.1, 0.15) is 36.5 Å². The van der Waals surface area contributed by atoms with E-state index in [4.69, 9.17) is 10.5 Å². The summed E-state index contributed by atoms with van der Waals surface area (Å²) >= 11 is 0. The molecule has 16 heavy (non-hydrogen) atoms. The van der Waals surface area contributed by atoms with Gasteiger partial charge in [0.1, 0.15) is 11.4 Å². The van der Waals surface area contributed by atoms with Crippen LogP contribution in [0.4, 0.5) is 10.1 Å². The SMILES string of the molecule is CCCCCOC(=O)c1c(N)cccc1F. The number of hydrogen-bond donors (Lipinski definition) is 1. The van der Waals surface area contributed by atoms with E-state index in [1.807, 2.05) is 0 Å². The first kappa shape index (κ1) is 12.5. The summed E-state index contributed by atoms with van der Waals surface area (Å²) in [5, 5.41) is 0. The zero-order valence-corrected chi connectivity index (χ0v) is 9.33. The van der Waals surface area contributed by atoms with Gasteiger partial charge in [0.25, 0.3) is 0 Å². The van der Waals surface area contributed by atoms with E-state index in [2.05, 4.69) is 6.92 Å². The second kappa shape index (κ2) is 6.10. The lowest BCUT2D eigenvalue weighted by atomic mass is 10.1. The minimum Gasteiger partial charge on any atom is -0.462 e. The first-order chi connectivity index (χ1) is 7.66. The van der Waals surface area contributed by atoms with Crippen LogP contribution in [-0.2, 0) is 4.74 Å². The molecule has 0 amide bonds. The largest absolute Gasteiger partial charge is 0.462 e.